The molecule has 2 aliphatic rings. The molecule has 1 aliphatic heterocycles. The summed E-state index contributed by atoms with van der Waals surface area (Å²) in [6.07, 6.45) is 10.3. The van der Waals surface area contributed by atoms with E-state index in [4.69, 9.17) is 11.6 Å². The van der Waals surface area contributed by atoms with Crippen molar-refractivity contribution >= 4 is 17.4 Å². The van der Waals surface area contributed by atoms with E-state index in [2.05, 4.69) is 15.2 Å². The molecule has 0 atom stereocenters. The number of aromatic nitrogens is 1. The molecule has 1 saturated carbocycles. The molecule has 1 aliphatic carbocycles. The summed E-state index contributed by atoms with van der Waals surface area (Å²) in [6, 6.07) is 2.04. The van der Waals surface area contributed by atoms with Crippen molar-refractivity contribution in [3.8, 4) is 0 Å². The largest absolute Gasteiger partial charge is 0.355 e. The molecule has 0 radical (unpaired) electrons. The van der Waals surface area contributed by atoms with Gasteiger partial charge in [-0.1, -0.05) is 24.4 Å². The zero-order chi connectivity index (χ0) is 14.0. The van der Waals surface area contributed by atoms with Crippen LogP contribution in [0.25, 0.3) is 0 Å². The Morgan fingerprint density at radius 1 is 1.25 bits per heavy atom. The molecular weight excluding hydrogens is 270 g/mol. The number of nitrogens with one attached hydrogen (secondary N) is 1. The lowest BCUT2D eigenvalue weighted by molar-refractivity contribution is 0.226. The summed E-state index contributed by atoms with van der Waals surface area (Å²) in [5.41, 5.74) is 1.79. The first-order valence-electron chi connectivity index (χ1n) is 7.76. The Morgan fingerprint density at radius 3 is 2.55 bits per heavy atom. The van der Waals surface area contributed by atoms with Crippen molar-refractivity contribution in [1.29, 1.82) is 0 Å². The standard InChI is InChI=1S/C16H24ClN3/c1-18-11-13-10-14(17)15(19-12-13)20-8-6-16(7-9-20)4-2-3-5-16/h10,12,18H,2-9,11H2,1H3. The lowest BCUT2D eigenvalue weighted by atomic mass is 9.77. The van der Waals surface area contributed by atoms with E-state index in [9.17, 15) is 0 Å². The lowest BCUT2D eigenvalue weighted by Gasteiger charge is -2.40. The van der Waals surface area contributed by atoms with Crippen molar-refractivity contribution in [2.24, 2.45) is 5.41 Å². The first kappa shape index (κ1) is 14.2. The van der Waals surface area contributed by atoms with Crippen LogP contribution >= 0.6 is 11.6 Å². The van der Waals surface area contributed by atoms with Gasteiger partial charge in [0.05, 0.1) is 5.02 Å². The highest BCUT2D eigenvalue weighted by Gasteiger charge is 2.37. The minimum atomic E-state index is 0.648. The number of anilines is 1. The van der Waals surface area contributed by atoms with Crippen LogP contribution in [-0.2, 0) is 6.54 Å². The Labute approximate surface area is 126 Å². The van der Waals surface area contributed by atoms with Crippen molar-refractivity contribution in [1.82, 2.24) is 10.3 Å². The number of pyridine rings is 1. The van der Waals surface area contributed by atoms with Crippen LogP contribution in [-0.4, -0.2) is 25.1 Å². The SMILES string of the molecule is CNCc1cnc(N2CCC3(CCCC3)CC2)c(Cl)c1. The second-order valence-electron chi connectivity index (χ2n) is 6.37. The number of hydrogen-bond acceptors (Lipinski definition) is 3. The average Bonchev–Trinajstić information content (AvgIpc) is 2.89. The second kappa shape index (κ2) is 5.90. The van der Waals surface area contributed by atoms with Gasteiger partial charge in [-0.3, -0.25) is 0 Å². The van der Waals surface area contributed by atoms with Crippen LogP contribution in [0, 0.1) is 5.41 Å². The predicted molar refractivity (Wildman–Crippen MR) is 84.4 cm³/mol. The molecule has 0 aromatic carbocycles. The second-order valence-corrected chi connectivity index (χ2v) is 6.78. The van der Waals surface area contributed by atoms with Crippen LogP contribution in [0.15, 0.2) is 12.3 Å². The third-order valence-corrected chi connectivity index (χ3v) is 5.33. The molecule has 1 saturated heterocycles. The molecule has 1 aromatic heterocycles. The normalized spacial score (nSPS) is 21.6. The number of nitrogens with zero attached hydrogens (tertiary/aromatic N) is 2. The zero-order valence-corrected chi connectivity index (χ0v) is 13.0. The van der Waals surface area contributed by atoms with Crippen LogP contribution in [0.3, 0.4) is 0 Å². The van der Waals surface area contributed by atoms with Gasteiger partial charge in [0.2, 0.25) is 0 Å². The van der Waals surface area contributed by atoms with Crippen molar-refractivity contribution in [3.63, 3.8) is 0 Å². The lowest BCUT2D eigenvalue weighted by Crippen LogP contribution is -2.39. The highest BCUT2D eigenvalue weighted by Crippen LogP contribution is 2.46. The Hall–Kier alpha value is -0.800. The topological polar surface area (TPSA) is 28.2 Å². The van der Waals surface area contributed by atoms with Gasteiger partial charge in [0, 0.05) is 25.8 Å². The van der Waals surface area contributed by atoms with Crippen LogP contribution in [0.5, 0.6) is 0 Å². The average molecular weight is 294 g/mol. The molecule has 20 heavy (non-hydrogen) atoms. The molecule has 0 amide bonds. The Bertz CT molecular complexity index is 459. The summed E-state index contributed by atoms with van der Waals surface area (Å²) in [7, 11) is 1.94. The van der Waals surface area contributed by atoms with Gasteiger partial charge in [-0.2, -0.15) is 0 Å². The van der Waals surface area contributed by atoms with E-state index in [-0.39, 0.29) is 0 Å². The molecule has 1 N–H and O–H groups in total. The van der Waals surface area contributed by atoms with Gasteiger partial charge in [-0.25, -0.2) is 4.98 Å². The van der Waals surface area contributed by atoms with Gasteiger partial charge in [0.1, 0.15) is 5.82 Å². The Kier molecular flexibility index (Phi) is 4.18. The molecule has 0 bridgehead atoms. The van der Waals surface area contributed by atoms with Crippen LogP contribution < -0.4 is 10.2 Å². The van der Waals surface area contributed by atoms with Crippen LogP contribution in [0.1, 0.15) is 44.1 Å². The maximum Gasteiger partial charge on any atom is 0.147 e. The summed E-state index contributed by atoms with van der Waals surface area (Å²) in [5.74, 6) is 0.972. The zero-order valence-electron chi connectivity index (χ0n) is 12.3. The van der Waals surface area contributed by atoms with Crippen molar-refractivity contribution in [3.05, 3.63) is 22.8 Å². The van der Waals surface area contributed by atoms with E-state index < -0.39 is 0 Å². The van der Waals surface area contributed by atoms with E-state index in [0.29, 0.717) is 5.41 Å². The van der Waals surface area contributed by atoms with Gasteiger partial charge >= 0.3 is 0 Å². The minimum Gasteiger partial charge on any atom is -0.355 e. The van der Waals surface area contributed by atoms with Crippen LogP contribution in [0.2, 0.25) is 5.02 Å². The maximum atomic E-state index is 6.42. The smallest absolute Gasteiger partial charge is 0.147 e. The number of halogens is 1. The summed E-state index contributed by atoms with van der Waals surface area (Å²) in [5, 5.41) is 3.92. The number of piperidine rings is 1. The van der Waals surface area contributed by atoms with E-state index >= 15 is 0 Å². The third-order valence-electron chi connectivity index (χ3n) is 5.05. The van der Waals surface area contributed by atoms with Gasteiger partial charge in [0.15, 0.2) is 0 Å². The van der Waals surface area contributed by atoms with E-state index in [1.165, 1.54) is 38.5 Å². The summed E-state index contributed by atoms with van der Waals surface area (Å²) < 4.78 is 0. The molecule has 3 rings (SSSR count). The molecule has 2 heterocycles. The van der Waals surface area contributed by atoms with E-state index in [1.54, 1.807) is 0 Å². The molecule has 2 fully saturated rings. The fourth-order valence-electron chi connectivity index (χ4n) is 3.82. The third kappa shape index (κ3) is 2.79. The fourth-order valence-corrected chi connectivity index (χ4v) is 4.13. The Morgan fingerprint density at radius 2 is 1.95 bits per heavy atom. The van der Waals surface area contributed by atoms with Crippen molar-refractivity contribution in [2.45, 2.75) is 45.1 Å². The quantitative estimate of drug-likeness (QED) is 0.923. The molecular formula is C16H24ClN3. The molecule has 1 spiro atoms. The van der Waals surface area contributed by atoms with Gasteiger partial charge in [0.25, 0.3) is 0 Å². The van der Waals surface area contributed by atoms with Gasteiger partial charge in [-0.05, 0) is 49.8 Å². The Balaban J connectivity index is 1.68. The predicted octanol–water partition coefficient (Wildman–Crippen LogP) is 3.62. The van der Waals surface area contributed by atoms with E-state index in [0.717, 1.165) is 36.0 Å². The molecule has 0 unspecified atom stereocenters. The monoisotopic (exact) mass is 293 g/mol. The molecule has 4 heteroatoms. The summed E-state index contributed by atoms with van der Waals surface area (Å²) in [6.45, 7) is 3.03. The van der Waals surface area contributed by atoms with Gasteiger partial charge < -0.3 is 10.2 Å². The highest BCUT2D eigenvalue weighted by atomic mass is 35.5. The van der Waals surface area contributed by atoms with Gasteiger partial charge in [-0.15, -0.1) is 0 Å². The van der Waals surface area contributed by atoms with Crippen LogP contribution in [0.4, 0.5) is 5.82 Å². The van der Waals surface area contributed by atoms with Crippen molar-refractivity contribution < 1.29 is 0 Å². The first-order chi connectivity index (χ1) is 9.72. The molecule has 3 nitrogen and oxygen atoms in total. The maximum absolute atomic E-state index is 6.42. The minimum absolute atomic E-state index is 0.648. The number of hydrogen-bond donors (Lipinski definition) is 1. The molecule has 1 aromatic rings. The summed E-state index contributed by atoms with van der Waals surface area (Å²) in [4.78, 5) is 6.96. The first-order valence-corrected chi connectivity index (χ1v) is 8.14. The van der Waals surface area contributed by atoms with E-state index in [1.807, 2.05) is 19.3 Å². The summed E-state index contributed by atoms with van der Waals surface area (Å²) >= 11 is 6.42. The molecule has 110 valence electrons. The fraction of sp³-hybridized carbons (Fsp3) is 0.688. The van der Waals surface area contributed by atoms with Crippen molar-refractivity contribution in [2.75, 3.05) is 25.0 Å². The highest BCUT2D eigenvalue weighted by molar-refractivity contribution is 6.33. The number of rotatable bonds is 3.